The lowest BCUT2D eigenvalue weighted by Crippen LogP contribution is -2.09. The number of nitrogens with zero attached hydrogens (tertiary/aromatic N) is 1. The molecule has 166 valence electrons. The van der Waals surface area contributed by atoms with Crippen LogP contribution in [0.3, 0.4) is 0 Å². The van der Waals surface area contributed by atoms with Gasteiger partial charge in [-0.05, 0) is 23.3 Å². The van der Waals surface area contributed by atoms with Crippen molar-refractivity contribution in [3.63, 3.8) is 0 Å². The highest BCUT2D eigenvalue weighted by Gasteiger charge is 2.22. The molecule has 4 nitrogen and oxygen atoms in total. The molecule has 4 rings (SSSR count). The molecule has 0 aliphatic carbocycles. The summed E-state index contributed by atoms with van der Waals surface area (Å²) in [5, 5.41) is 1.02. The first-order valence-electron chi connectivity index (χ1n) is 10.9. The quantitative estimate of drug-likeness (QED) is 0.156. The van der Waals surface area contributed by atoms with Gasteiger partial charge in [0.1, 0.15) is 19.6 Å². The molecule has 0 N–H and O–H groups in total. The van der Waals surface area contributed by atoms with E-state index in [1.807, 2.05) is 78.9 Å². The molecule has 3 aromatic carbocycles. The van der Waals surface area contributed by atoms with Crippen LogP contribution in [-0.4, -0.2) is 11.4 Å². The third-order valence-corrected chi connectivity index (χ3v) is 5.42. The Bertz CT molecular complexity index is 1220. The molecule has 4 aromatic rings. The molecule has 1 atom stereocenters. The van der Waals surface area contributed by atoms with Gasteiger partial charge in [-0.3, -0.25) is 0 Å². The van der Waals surface area contributed by atoms with E-state index in [4.69, 9.17) is 20.6 Å². The summed E-state index contributed by atoms with van der Waals surface area (Å²) in [6, 6.07) is 28.2. The smallest absolute Gasteiger partial charge is 0.149 e. The topological polar surface area (TPSA) is 32.6 Å². The molecule has 4 heteroatoms. The lowest BCUT2D eigenvalue weighted by atomic mass is 10.1. The van der Waals surface area contributed by atoms with Crippen LogP contribution in [0.5, 0.6) is 0 Å². The molecule has 1 unspecified atom stereocenters. The maximum atomic E-state index is 6.03. The molecule has 0 amide bonds. The molecule has 0 radical (unpaired) electrons. The van der Waals surface area contributed by atoms with E-state index in [-0.39, 0.29) is 6.79 Å². The minimum Gasteiger partial charge on any atom is -0.356 e. The van der Waals surface area contributed by atoms with E-state index in [1.54, 1.807) is 6.08 Å². The number of para-hydroxylation sites is 1. The van der Waals surface area contributed by atoms with Crippen molar-refractivity contribution in [3.8, 4) is 12.3 Å². The molecule has 33 heavy (non-hydrogen) atoms. The summed E-state index contributed by atoms with van der Waals surface area (Å²) in [6.45, 7) is 5.47. The van der Waals surface area contributed by atoms with E-state index >= 15 is 0 Å². The first kappa shape index (κ1) is 22.6. The van der Waals surface area contributed by atoms with Crippen molar-refractivity contribution in [3.05, 3.63) is 114 Å². The van der Waals surface area contributed by atoms with Crippen LogP contribution in [0.4, 0.5) is 0 Å². The zero-order chi connectivity index (χ0) is 22.9. The number of ether oxygens (including phenoxy) is 3. The Kier molecular flexibility index (Phi) is 7.73. The number of hydrogen-bond acceptors (Lipinski definition) is 3. The van der Waals surface area contributed by atoms with Crippen LogP contribution in [-0.2, 0) is 34.2 Å². The standard InChI is InChI=1S/C29H27NO3/c1-3-26-29(28(4-2)33-22-32-20-24-15-9-6-10-16-24)25-17-11-12-18-27(25)30(26)21-31-19-23-13-7-5-8-14-23/h2-3,5-18,28H,1,19-22H2. The van der Waals surface area contributed by atoms with Gasteiger partial charge in [0.15, 0.2) is 0 Å². The Morgan fingerprint density at radius 2 is 1.45 bits per heavy atom. The second kappa shape index (κ2) is 11.3. The van der Waals surface area contributed by atoms with Gasteiger partial charge in [0.2, 0.25) is 0 Å². The highest BCUT2D eigenvalue weighted by Crippen LogP contribution is 2.33. The van der Waals surface area contributed by atoms with Gasteiger partial charge in [0, 0.05) is 10.9 Å². The van der Waals surface area contributed by atoms with Gasteiger partial charge in [0.05, 0.1) is 24.4 Å². The lowest BCUT2D eigenvalue weighted by molar-refractivity contribution is -0.0807. The second-order valence-corrected chi connectivity index (χ2v) is 7.58. The lowest BCUT2D eigenvalue weighted by Gasteiger charge is -2.15. The summed E-state index contributed by atoms with van der Waals surface area (Å²) in [5.74, 6) is 2.78. The Hall–Kier alpha value is -3.62. The summed E-state index contributed by atoms with van der Waals surface area (Å²) in [4.78, 5) is 0. The predicted octanol–water partition coefficient (Wildman–Crippen LogP) is 6.32. The van der Waals surface area contributed by atoms with E-state index in [1.165, 1.54) is 0 Å². The van der Waals surface area contributed by atoms with E-state index in [9.17, 15) is 0 Å². The van der Waals surface area contributed by atoms with Crippen molar-refractivity contribution < 1.29 is 14.2 Å². The number of benzene rings is 3. The van der Waals surface area contributed by atoms with Crippen LogP contribution in [0.25, 0.3) is 17.0 Å². The normalized spacial score (nSPS) is 11.8. The molecule has 0 bridgehead atoms. The highest BCUT2D eigenvalue weighted by atomic mass is 16.7. The fourth-order valence-electron chi connectivity index (χ4n) is 3.88. The van der Waals surface area contributed by atoms with Crippen molar-refractivity contribution in [1.82, 2.24) is 4.57 Å². The van der Waals surface area contributed by atoms with Gasteiger partial charge in [-0.1, -0.05) is 91.4 Å². The van der Waals surface area contributed by atoms with Gasteiger partial charge < -0.3 is 18.8 Å². The summed E-state index contributed by atoms with van der Waals surface area (Å²) < 4.78 is 19.8. The van der Waals surface area contributed by atoms with Crippen LogP contribution in [0.1, 0.15) is 28.5 Å². The van der Waals surface area contributed by atoms with E-state index < -0.39 is 6.10 Å². The molecule has 1 heterocycles. The van der Waals surface area contributed by atoms with Crippen LogP contribution < -0.4 is 0 Å². The molecule has 0 aliphatic rings. The first-order valence-corrected chi connectivity index (χ1v) is 10.9. The zero-order valence-electron chi connectivity index (χ0n) is 18.5. The summed E-state index contributed by atoms with van der Waals surface area (Å²) in [5.41, 5.74) is 5.00. The average molecular weight is 438 g/mol. The molecule has 0 saturated heterocycles. The predicted molar refractivity (Wildman–Crippen MR) is 132 cm³/mol. The Morgan fingerprint density at radius 3 is 2.09 bits per heavy atom. The number of rotatable bonds is 11. The van der Waals surface area contributed by atoms with E-state index in [0.29, 0.717) is 19.9 Å². The fraction of sp³-hybridized carbons (Fsp3) is 0.172. The van der Waals surface area contributed by atoms with Crippen molar-refractivity contribution in [2.45, 2.75) is 26.0 Å². The minimum atomic E-state index is -0.575. The van der Waals surface area contributed by atoms with Crippen molar-refractivity contribution in [1.29, 1.82) is 0 Å². The molecule has 0 spiro atoms. The summed E-state index contributed by atoms with van der Waals surface area (Å²) in [6.07, 6.45) is 7.12. The third kappa shape index (κ3) is 5.42. The van der Waals surface area contributed by atoms with E-state index in [2.05, 4.69) is 23.1 Å². The largest absolute Gasteiger partial charge is 0.356 e. The van der Waals surface area contributed by atoms with Gasteiger partial charge >= 0.3 is 0 Å². The first-order chi connectivity index (χ1) is 16.3. The van der Waals surface area contributed by atoms with Crippen LogP contribution >= 0.6 is 0 Å². The van der Waals surface area contributed by atoms with Crippen LogP contribution in [0.2, 0.25) is 0 Å². The zero-order valence-corrected chi connectivity index (χ0v) is 18.5. The SMILES string of the molecule is C#CC(OCOCc1ccccc1)c1c(C=C)n(COCc2ccccc2)c2ccccc12. The number of hydrogen-bond donors (Lipinski definition) is 0. The second-order valence-electron chi connectivity index (χ2n) is 7.58. The summed E-state index contributed by atoms with van der Waals surface area (Å²) in [7, 11) is 0. The molecule has 1 aromatic heterocycles. The van der Waals surface area contributed by atoms with Crippen LogP contribution in [0, 0.1) is 12.3 Å². The number of aromatic nitrogens is 1. The Balaban J connectivity index is 1.51. The molecule has 0 saturated carbocycles. The average Bonchev–Trinajstić information content (AvgIpc) is 3.19. The van der Waals surface area contributed by atoms with Crippen molar-refractivity contribution in [2.24, 2.45) is 0 Å². The van der Waals surface area contributed by atoms with Gasteiger partial charge in [-0.25, -0.2) is 0 Å². The van der Waals surface area contributed by atoms with Crippen molar-refractivity contribution in [2.75, 3.05) is 6.79 Å². The maximum Gasteiger partial charge on any atom is 0.149 e. The molecule has 0 aliphatic heterocycles. The maximum absolute atomic E-state index is 6.03. The Labute approximate surface area is 195 Å². The molecule has 0 fully saturated rings. The number of terminal acetylenes is 1. The third-order valence-electron chi connectivity index (χ3n) is 5.42. The monoisotopic (exact) mass is 437 g/mol. The highest BCUT2D eigenvalue weighted by molar-refractivity contribution is 5.89. The van der Waals surface area contributed by atoms with Gasteiger partial charge in [0.25, 0.3) is 0 Å². The molecular formula is C29H27NO3. The number of fused-ring (bicyclic) bond motifs is 1. The molecular weight excluding hydrogens is 410 g/mol. The minimum absolute atomic E-state index is 0.0877. The fourth-order valence-corrected chi connectivity index (χ4v) is 3.88. The summed E-state index contributed by atoms with van der Waals surface area (Å²) >= 11 is 0. The van der Waals surface area contributed by atoms with Gasteiger partial charge in [-0.15, -0.1) is 6.42 Å². The Morgan fingerprint density at radius 1 is 0.848 bits per heavy atom. The van der Waals surface area contributed by atoms with E-state index in [0.717, 1.165) is 33.3 Å². The van der Waals surface area contributed by atoms with Crippen molar-refractivity contribution >= 4 is 17.0 Å². The van der Waals surface area contributed by atoms with Gasteiger partial charge in [-0.2, -0.15) is 0 Å². The van der Waals surface area contributed by atoms with Crippen LogP contribution in [0.15, 0.2) is 91.5 Å².